The summed E-state index contributed by atoms with van der Waals surface area (Å²) in [7, 11) is 0. The fourth-order valence-corrected chi connectivity index (χ4v) is 4.37. The monoisotopic (exact) mass is 457 g/mol. The second-order valence-electron chi connectivity index (χ2n) is 9.99. The van der Waals surface area contributed by atoms with Gasteiger partial charge in [0.1, 0.15) is 11.4 Å². The first-order valence-electron chi connectivity index (χ1n) is 12.3. The van der Waals surface area contributed by atoms with Crippen LogP contribution in [0.25, 0.3) is 39.3 Å². The number of hydrogen-bond acceptors (Lipinski definition) is 2. The molecule has 0 spiro atoms. The topological polar surface area (TPSA) is 30.7 Å². The maximum absolute atomic E-state index is 4.67. The lowest BCUT2D eigenvalue weighted by atomic mass is 9.86. The Bertz CT molecular complexity index is 1400. The summed E-state index contributed by atoms with van der Waals surface area (Å²) in [5, 5.41) is 9.28. The number of hydrogen-bond donors (Lipinski definition) is 0. The molecule has 1 aromatic heterocycles. The molecule has 0 aliphatic heterocycles. The third kappa shape index (κ3) is 4.67. The van der Waals surface area contributed by atoms with Crippen LogP contribution in [-0.2, 0) is 11.8 Å². The standard InChI is InChI=1S/C32H31N3/c1-5-23-11-21-29(22-12-23)35-31(27-15-13-25(14-16-27)24-9-7-6-8-10-24)30(33-34-35)26-17-19-28(20-18-26)32(2,3)4/h6-22H,5H2,1-4H3. The van der Waals surface area contributed by atoms with Gasteiger partial charge in [-0.15, -0.1) is 5.10 Å². The minimum atomic E-state index is 0.104. The second kappa shape index (κ2) is 9.34. The van der Waals surface area contributed by atoms with E-state index in [1.165, 1.54) is 22.3 Å². The van der Waals surface area contributed by atoms with Crippen molar-refractivity contribution in [1.82, 2.24) is 15.0 Å². The predicted molar refractivity (Wildman–Crippen MR) is 146 cm³/mol. The molecule has 0 radical (unpaired) electrons. The summed E-state index contributed by atoms with van der Waals surface area (Å²) in [5.41, 5.74) is 10.2. The molecule has 1 heterocycles. The molecule has 0 fully saturated rings. The molecule has 174 valence electrons. The summed E-state index contributed by atoms with van der Waals surface area (Å²) in [6.45, 7) is 8.87. The van der Waals surface area contributed by atoms with E-state index in [4.69, 9.17) is 0 Å². The zero-order valence-corrected chi connectivity index (χ0v) is 20.9. The SMILES string of the molecule is CCc1ccc(-n2nnc(-c3ccc(C(C)(C)C)cc3)c2-c2ccc(-c3ccccc3)cc2)cc1. The number of aromatic nitrogens is 3. The maximum Gasteiger partial charge on any atom is 0.121 e. The van der Waals surface area contributed by atoms with Crippen LogP contribution in [-0.4, -0.2) is 15.0 Å². The minimum Gasteiger partial charge on any atom is -0.212 e. The fourth-order valence-electron chi connectivity index (χ4n) is 4.37. The van der Waals surface area contributed by atoms with Crippen LogP contribution in [0.1, 0.15) is 38.8 Å². The largest absolute Gasteiger partial charge is 0.212 e. The Hall–Kier alpha value is -3.98. The van der Waals surface area contributed by atoms with E-state index in [9.17, 15) is 0 Å². The van der Waals surface area contributed by atoms with Gasteiger partial charge < -0.3 is 0 Å². The van der Waals surface area contributed by atoms with Gasteiger partial charge in [0.05, 0.1) is 5.69 Å². The van der Waals surface area contributed by atoms with Gasteiger partial charge in [0.15, 0.2) is 0 Å². The summed E-state index contributed by atoms with van der Waals surface area (Å²) < 4.78 is 1.96. The van der Waals surface area contributed by atoms with Crippen LogP contribution in [0.4, 0.5) is 0 Å². The molecule has 0 N–H and O–H groups in total. The summed E-state index contributed by atoms with van der Waals surface area (Å²) in [4.78, 5) is 0. The molecule has 4 aromatic carbocycles. The predicted octanol–water partition coefficient (Wildman–Crippen LogP) is 8.13. The molecule has 0 aliphatic carbocycles. The number of rotatable bonds is 5. The van der Waals surface area contributed by atoms with Gasteiger partial charge >= 0.3 is 0 Å². The van der Waals surface area contributed by atoms with E-state index in [2.05, 4.69) is 135 Å². The minimum absolute atomic E-state index is 0.104. The van der Waals surface area contributed by atoms with Crippen molar-refractivity contribution in [2.24, 2.45) is 0 Å². The molecular weight excluding hydrogens is 426 g/mol. The van der Waals surface area contributed by atoms with Gasteiger partial charge in [-0.25, -0.2) is 4.68 Å². The molecule has 35 heavy (non-hydrogen) atoms. The number of benzene rings is 4. The lowest BCUT2D eigenvalue weighted by Crippen LogP contribution is -2.10. The first kappa shape index (κ1) is 22.8. The van der Waals surface area contributed by atoms with E-state index in [-0.39, 0.29) is 5.41 Å². The normalized spacial score (nSPS) is 11.5. The summed E-state index contributed by atoms with van der Waals surface area (Å²) >= 11 is 0. The van der Waals surface area contributed by atoms with Crippen LogP contribution in [0.3, 0.4) is 0 Å². The van der Waals surface area contributed by atoms with Gasteiger partial charge in [0, 0.05) is 11.1 Å². The van der Waals surface area contributed by atoms with Gasteiger partial charge in [-0.1, -0.05) is 124 Å². The molecule has 0 saturated heterocycles. The van der Waals surface area contributed by atoms with Crippen LogP contribution >= 0.6 is 0 Å². The first-order valence-corrected chi connectivity index (χ1v) is 12.3. The maximum atomic E-state index is 4.67. The fraction of sp³-hybridized carbons (Fsp3) is 0.188. The smallest absolute Gasteiger partial charge is 0.121 e. The van der Waals surface area contributed by atoms with Crippen molar-refractivity contribution in [2.75, 3.05) is 0 Å². The van der Waals surface area contributed by atoms with E-state index in [0.29, 0.717) is 0 Å². The second-order valence-corrected chi connectivity index (χ2v) is 9.99. The summed E-state index contributed by atoms with van der Waals surface area (Å²) in [6, 6.07) is 36.5. The van der Waals surface area contributed by atoms with Crippen molar-refractivity contribution in [2.45, 2.75) is 39.5 Å². The quantitative estimate of drug-likeness (QED) is 0.267. The van der Waals surface area contributed by atoms with Crippen LogP contribution in [0.2, 0.25) is 0 Å². The Morgan fingerprint density at radius 1 is 0.629 bits per heavy atom. The van der Waals surface area contributed by atoms with Gasteiger partial charge in [-0.2, -0.15) is 0 Å². The highest BCUT2D eigenvalue weighted by atomic mass is 15.4. The molecule has 3 heteroatoms. The Kier molecular flexibility index (Phi) is 6.08. The lowest BCUT2D eigenvalue weighted by Gasteiger charge is -2.19. The molecule has 5 aromatic rings. The van der Waals surface area contributed by atoms with Gasteiger partial charge in [-0.05, 0) is 46.2 Å². The Balaban J connectivity index is 1.62. The average molecular weight is 458 g/mol. The third-order valence-corrected chi connectivity index (χ3v) is 6.55. The van der Waals surface area contributed by atoms with Crippen molar-refractivity contribution in [1.29, 1.82) is 0 Å². The zero-order valence-electron chi connectivity index (χ0n) is 20.9. The van der Waals surface area contributed by atoms with E-state index in [1.807, 2.05) is 10.7 Å². The lowest BCUT2D eigenvalue weighted by molar-refractivity contribution is 0.590. The van der Waals surface area contributed by atoms with Crippen LogP contribution < -0.4 is 0 Å². The van der Waals surface area contributed by atoms with Gasteiger partial charge in [-0.3, -0.25) is 0 Å². The van der Waals surface area contributed by atoms with Crippen molar-refractivity contribution in [3.8, 4) is 39.3 Å². The summed E-state index contributed by atoms with van der Waals surface area (Å²) in [6.07, 6.45) is 1.01. The first-order chi connectivity index (χ1) is 16.9. The molecule has 0 bridgehead atoms. The average Bonchev–Trinajstić information content (AvgIpc) is 3.34. The van der Waals surface area contributed by atoms with Crippen LogP contribution in [0.15, 0.2) is 103 Å². The molecular formula is C32H31N3. The third-order valence-electron chi connectivity index (χ3n) is 6.55. The highest BCUT2D eigenvalue weighted by molar-refractivity contribution is 5.80. The number of nitrogens with zero attached hydrogens (tertiary/aromatic N) is 3. The highest BCUT2D eigenvalue weighted by Crippen LogP contribution is 2.34. The zero-order chi connectivity index (χ0) is 24.4. The van der Waals surface area contributed by atoms with Crippen molar-refractivity contribution < 1.29 is 0 Å². The van der Waals surface area contributed by atoms with E-state index in [0.717, 1.165) is 34.6 Å². The van der Waals surface area contributed by atoms with Gasteiger partial charge in [0.2, 0.25) is 0 Å². The Labute approximate surface area is 208 Å². The molecule has 0 saturated carbocycles. The Morgan fingerprint density at radius 3 is 1.80 bits per heavy atom. The van der Waals surface area contributed by atoms with Crippen molar-refractivity contribution in [3.05, 3.63) is 114 Å². The van der Waals surface area contributed by atoms with E-state index < -0.39 is 0 Å². The van der Waals surface area contributed by atoms with E-state index >= 15 is 0 Å². The van der Waals surface area contributed by atoms with Gasteiger partial charge in [0.25, 0.3) is 0 Å². The highest BCUT2D eigenvalue weighted by Gasteiger charge is 2.20. The summed E-state index contributed by atoms with van der Waals surface area (Å²) in [5.74, 6) is 0. The van der Waals surface area contributed by atoms with Crippen molar-refractivity contribution in [3.63, 3.8) is 0 Å². The molecule has 5 rings (SSSR count). The number of aryl methyl sites for hydroxylation is 1. The molecule has 3 nitrogen and oxygen atoms in total. The van der Waals surface area contributed by atoms with Crippen molar-refractivity contribution >= 4 is 0 Å². The molecule has 0 amide bonds. The van der Waals surface area contributed by atoms with E-state index in [1.54, 1.807) is 0 Å². The molecule has 0 atom stereocenters. The molecule has 0 unspecified atom stereocenters. The molecule has 0 aliphatic rings. The van der Waals surface area contributed by atoms with Crippen LogP contribution in [0.5, 0.6) is 0 Å². The Morgan fingerprint density at radius 2 is 1.20 bits per heavy atom. The van der Waals surface area contributed by atoms with Crippen LogP contribution in [0, 0.1) is 0 Å².